The number of hydrogen-bond donors (Lipinski definition) is 0. The number of imidazole rings is 1. The fourth-order valence-corrected chi connectivity index (χ4v) is 3.35. The molecule has 1 aliphatic heterocycles. The summed E-state index contributed by atoms with van der Waals surface area (Å²) in [5, 5.41) is 0. The molecule has 0 saturated carbocycles. The zero-order chi connectivity index (χ0) is 15.8. The number of carbonyl (C=O) groups excluding carboxylic acids is 1. The molecule has 0 fully saturated rings. The van der Waals surface area contributed by atoms with Gasteiger partial charge >= 0.3 is 0 Å². The summed E-state index contributed by atoms with van der Waals surface area (Å²) in [6.45, 7) is 3.44. The molecule has 2 aromatic carbocycles. The maximum absolute atomic E-state index is 12.9. The molecule has 0 saturated heterocycles. The van der Waals surface area contributed by atoms with E-state index in [2.05, 4.69) is 23.2 Å². The van der Waals surface area contributed by atoms with Crippen LogP contribution in [0.5, 0.6) is 0 Å². The van der Waals surface area contributed by atoms with E-state index in [4.69, 9.17) is 0 Å². The average molecular weight is 305 g/mol. The van der Waals surface area contributed by atoms with E-state index in [1.165, 1.54) is 11.1 Å². The minimum absolute atomic E-state index is 0.155. The lowest BCUT2D eigenvalue weighted by Crippen LogP contribution is -2.39. The number of fused-ring (bicyclic) bond motifs is 2. The first kappa shape index (κ1) is 14.0. The molecule has 0 N–H and O–H groups in total. The van der Waals surface area contributed by atoms with Crippen molar-refractivity contribution < 1.29 is 4.79 Å². The molecule has 23 heavy (non-hydrogen) atoms. The van der Waals surface area contributed by atoms with Gasteiger partial charge in [-0.1, -0.05) is 36.4 Å². The Morgan fingerprint density at radius 3 is 2.70 bits per heavy atom. The van der Waals surface area contributed by atoms with Gasteiger partial charge in [-0.05, 0) is 36.6 Å². The quantitative estimate of drug-likeness (QED) is 0.729. The van der Waals surface area contributed by atoms with Gasteiger partial charge in [0.05, 0.1) is 17.4 Å². The van der Waals surface area contributed by atoms with Crippen molar-refractivity contribution in [2.75, 3.05) is 6.54 Å². The van der Waals surface area contributed by atoms with Gasteiger partial charge in [0.1, 0.15) is 6.04 Å². The van der Waals surface area contributed by atoms with Gasteiger partial charge in [0, 0.05) is 13.1 Å². The Morgan fingerprint density at radius 2 is 1.83 bits per heavy atom. The highest BCUT2D eigenvalue weighted by Crippen LogP contribution is 2.23. The zero-order valence-corrected chi connectivity index (χ0v) is 13.1. The molecule has 1 atom stereocenters. The predicted molar refractivity (Wildman–Crippen MR) is 90.0 cm³/mol. The highest BCUT2D eigenvalue weighted by molar-refractivity contribution is 5.83. The Hall–Kier alpha value is -2.62. The molecule has 116 valence electrons. The lowest BCUT2D eigenvalue weighted by Gasteiger charge is -2.31. The third kappa shape index (κ3) is 2.40. The van der Waals surface area contributed by atoms with Gasteiger partial charge in [-0.15, -0.1) is 0 Å². The molecule has 0 radical (unpaired) electrons. The third-order valence-corrected chi connectivity index (χ3v) is 4.70. The number of aromatic nitrogens is 2. The topological polar surface area (TPSA) is 38.1 Å². The van der Waals surface area contributed by atoms with Crippen LogP contribution in [0, 0.1) is 0 Å². The molecule has 4 heteroatoms. The van der Waals surface area contributed by atoms with E-state index >= 15 is 0 Å². The van der Waals surface area contributed by atoms with Crippen molar-refractivity contribution >= 4 is 16.9 Å². The molecule has 0 bridgehead atoms. The SMILES string of the molecule is CC(C(=O)N1CCc2ccccc2C1)n1cnc2ccccc21. The zero-order valence-electron chi connectivity index (χ0n) is 13.1. The van der Waals surface area contributed by atoms with E-state index in [9.17, 15) is 4.79 Å². The molecule has 4 rings (SSSR count). The van der Waals surface area contributed by atoms with Crippen molar-refractivity contribution in [2.24, 2.45) is 0 Å². The van der Waals surface area contributed by atoms with E-state index in [-0.39, 0.29) is 11.9 Å². The van der Waals surface area contributed by atoms with Crippen LogP contribution >= 0.6 is 0 Å². The van der Waals surface area contributed by atoms with E-state index < -0.39 is 0 Å². The molecule has 1 aromatic heterocycles. The second-order valence-corrected chi connectivity index (χ2v) is 6.10. The summed E-state index contributed by atoms with van der Waals surface area (Å²) in [5.41, 5.74) is 4.55. The van der Waals surface area contributed by atoms with Crippen molar-refractivity contribution in [2.45, 2.75) is 25.9 Å². The number of amides is 1. The smallest absolute Gasteiger partial charge is 0.245 e. The van der Waals surface area contributed by atoms with Gasteiger partial charge in [-0.2, -0.15) is 0 Å². The van der Waals surface area contributed by atoms with Crippen molar-refractivity contribution in [1.29, 1.82) is 0 Å². The maximum atomic E-state index is 12.9. The number of benzene rings is 2. The monoisotopic (exact) mass is 305 g/mol. The first-order valence-electron chi connectivity index (χ1n) is 8.01. The van der Waals surface area contributed by atoms with Gasteiger partial charge < -0.3 is 9.47 Å². The predicted octanol–water partition coefficient (Wildman–Crippen LogP) is 3.18. The summed E-state index contributed by atoms with van der Waals surface area (Å²) in [6.07, 6.45) is 2.70. The highest BCUT2D eigenvalue weighted by Gasteiger charge is 2.26. The average Bonchev–Trinajstić information content (AvgIpc) is 3.04. The van der Waals surface area contributed by atoms with Gasteiger partial charge in [0.25, 0.3) is 0 Å². The van der Waals surface area contributed by atoms with Crippen LogP contribution < -0.4 is 0 Å². The van der Waals surface area contributed by atoms with Crippen molar-refractivity contribution in [3.05, 3.63) is 66.0 Å². The first-order valence-corrected chi connectivity index (χ1v) is 8.01. The standard InChI is InChI=1S/C19H19N3O/c1-14(22-13-20-17-8-4-5-9-18(17)22)19(23)21-11-10-15-6-2-3-7-16(15)12-21/h2-9,13-14H,10-12H2,1H3. The number of hydrogen-bond acceptors (Lipinski definition) is 2. The fraction of sp³-hybridized carbons (Fsp3) is 0.263. The minimum Gasteiger partial charge on any atom is -0.336 e. The first-order chi connectivity index (χ1) is 11.2. The summed E-state index contributed by atoms with van der Waals surface area (Å²) >= 11 is 0. The van der Waals surface area contributed by atoms with Crippen LogP contribution in [0.4, 0.5) is 0 Å². The van der Waals surface area contributed by atoms with Gasteiger partial charge in [-0.3, -0.25) is 4.79 Å². The van der Waals surface area contributed by atoms with Crippen LogP contribution in [0.15, 0.2) is 54.9 Å². The number of carbonyl (C=O) groups is 1. The molecular formula is C19H19N3O. The molecule has 2 heterocycles. The normalized spacial score (nSPS) is 15.4. The van der Waals surface area contributed by atoms with E-state index in [1.54, 1.807) is 6.33 Å². The van der Waals surface area contributed by atoms with Crippen molar-refractivity contribution in [3.63, 3.8) is 0 Å². The van der Waals surface area contributed by atoms with Crippen LogP contribution in [0.25, 0.3) is 11.0 Å². The summed E-state index contributed by atoms with van der Waals surface area (Å²) in [4.78, 5) is 19.3. The van der Waals surface area contributed by atoms with Crippen LogP contribution in [-0.2, 0) is 17.8 Å². The third-order valence-electron chi connectivity index (χ3n) is 4.70. The molecular weight excluding hydrogens is 286 g/mol. The largest absolute Gasteiger partial charge is 0.336 e. The Bertz CT molecular complexity index is 868. The van der Waals surface area contributed by atoms with Crippen molar-refractivity contribution in [1.82, 2.24) is 14.5 Å². The molecule has 1 aliphatic rings. The van der Waals surface area contributed by atoms with E-state index in [0.717, 1.165) is 24.0 Å². The van der Waals surface area contributed by atoms with E-state index in [0.29, 0.717) is 6.54 Å². The Balaban J connectivity index is 1.60. The lowest BCUT2D eigenvalue weighted by molar-refractivity contribution is -0.135. The number of rotatable bonds is 2. The van der Waals surface area contributed by atoms with Gasteiger partial charge in [-0.25, -0.2) is 4.98 Å². The summed E-state index contributed by atoms with van der Waals surface area (Å²) in [7, 11) is 0. The highest BCUT2D eigenvalue weighted by atomic mass is 16.2. The second-order valence-electron chi connectivity index (χ2n) is 6.10. The van der Waals surface area contributed by atoms with Crippen LogP contribution in [0.1, 0.15) is 24.1 Å². The Labute approximate surface area is 135 Å². The van der Waals surface area contributed by atoms with Crippen LogP contribution in [0.3, 0.4) is 0 Å². The Morgan fingerprint density at radius 1 is 1.09 bits per heavy atom. The van der Waals surface area contributed by atoms with Crippen LogP contribution in [0.2, 0.25) is 0 Å². The minimum atomic E-state index is -0.243. The summed E-state index contributed by atoms with van der Waals surface area (Å²) in [5.74, 6) is 0.155. The van der Waals surface area contributed by atoms with E-state index in [1.807, 2.05) is 46.7 Å². The summed E-state index contributed by atoms with van der Waals surface area (Å²) < 4.78 is 1.97. The molecule has 4 nitrogen and oxygen atoms in total. The fourth-order valence-electron chi connectivity index (χ4n) is 3.35. The summed E-state index contributed by atoms with van der Waals surface area (Å²) in [6, 6.07) is 16.1. The molecule has 0 spiro atoms. The lowest BCUT2D eigenvalue weighted by atomic mass is 9.99. The number of nitrogens with zero attached hydrogens (tertiary/aromatic N) is 3. The maximum Gasteiger partial charge on any atom is 0.245 e. The van der Waals surface area contributed by atoms with Gasteiger partial charge in [0.2, 0.25) is 5.91 Å². The molecule has 3 aromatic rings. The second kappa shape index (κ2) is 5.54. The number of para-hydroxylation sites is 2. The molecule has 1 unspecified atom stereocenters. The van der Waals surface area contributed by atoms with Crippen LogP contribution in [-0.4, -0.2) is 26.9 Å². The Kier molecular flexibility index (Phi) is 3.37. The molecule has 0 aliphatic carbocycles. The van der Waals surface area contributed by atoms with Crippen molar-refractivity contribution in [3.8, 4) is 0 Å². The molecule has 1 amide bonds. The van der Waals surface area contributed by atoms with Gasteiger partial charge in [0.15, 0.2) is 0 Å².